The first-order valence-electron chi connectivity index (χ1n) is 8.31. The van der Waals surface area contributed by atoms with Crippen LogP contribution in [0.5, 0.6) is 0 Å². The van der Waals surface area contributed by atoms with Crippen LogP contribution < -0.4 is 4.73 Å². The Bertz CT molecular complexity index is 1280. The summed E-state index contributed by atoms with van der Waals surface area (Å²) in [7, 11) is 1.53. The molecule has 10 heteroatoms. The lowest BCUT2D eigenvalue weighted by Gasteiger charge is -2.16. The van der Waals surface area contributed by atoms with E-state index in [1.807, 2.05) is 0 Å². The van der Waals surface area contributed by atoms with E-state index >= 15 is 0 Å². The fourth-order valence-corrected chi connectivity index (χ4v) is 3.02. The first kappa shape index (κ1) is 17.8. The molecule has 0 saturated heterocycles. The number of imidazole rings is 1. The van der Waals surface area contributed by atoms with Crippen LogP contribution in [0, 0.1) is 29.3 Å². The Labute approximate surface area is 158 Å². The zero-order valence-corrected chi connectivity index (χ0v) is 15.5. The lowest BCUT2D eigenvalue weighted by atomic mass is 10.1. The average molecular weight is 382 g/mol. The van der Waals surface area contributed by atoms with Crippen LogP contribution in [0.2, 0.25) is 0 Å². The Morgan fingerprint density at radius 1 is 1.39 bits per heavy atom. The molecule has 9 nitrogen and oxygen atoms in total. The lowest BCUT2D eigenvalue weighted by Crippen LogP contribution is -2.33. The Hall–Kier alpha value is -3.58. The predicted octanol–water partition coefficient (Wildman–Crippen LogP) is 2.37. The number of methoxy groups -OCH3 is 1. The zero-order valence-electron chi connectivity index (χ0n) is 15.5. The molecule has 0 fully saturated rings. The summed E-state index contributed by atoms with van der Waals surface area (Å²) in [4.78, 5) is 8.67. The molecule has 28 heavy (non-hydrogen) atoms. The van der Waals surface area contributed by atoms with Gasteiger partial charge in [-0.15, -0.1) is 0 Å². The van der Waals surface area contributed by atoms with Gasteiger partial charge in [0, 0.05) is 14.0 Å². The minimum atomic E-state index is -0.791. The highest BCUT2D eigenvalue weighted by Gasteiger charge is 2.30. The number of halogens is 1. The summed E-state index contributed by atoms with van der Waals surface area (Å²) in [5.41, 5.74) is 0.143. The van der Waals surface area contributed by atoms with E-state index in [9.17, 15) is 14.9 Å². The number of fused-ring (bicyclic) bond motifs is 3. The number of aromatic nitrogens is 5. The molecule has 0 aliphatic carbocycles. The first-order chi connectivity index (χ1) is 13.3. The maximum absolute atomic E-state index is 14.0. The van der Waals surface area contributed by atoms with E-state index in [2.05, 4.69) is 15.1 Å². The second-order valence-corrected chi connectivity index (χ2v) is 6.73. The number of benzene rings is 1. The maximum atomic E-state index is 14.0. The van der Waals surface area contributed by atoms with Gasteiger partial charge in [0.1, 0.15) is 40.5 Å². The fraction of sp³-hybridized carbons (Fsp3) is 0.278. The Kier molecular flexibility index (Phi) is 3.80. The number of nitriles is 1. The van der Waals surface area contributed by atoms with Gasteiger partial charge in [-0.1, -0.05) is 5.16 Å². The number of rotatable bonds is 3. The Morgan fingerprint density at radius 3 is 2.82 bits per heavy atom. The van der Waals surface area contributed by atoms with Crippen molar-refractivity contribution in [3.63, 3.8) is 0 Å². The lowest BCUT2D eigenvalue weighted by molar-refractivity contribution is -0.583. The number of nitrogens with zero attached hydrogens (tertiary/aromatic N) is 6. The quantitative estimate of drug-likeness (QED) is 0.394. The molecule has 0 atom stereocenters. The van der Waals surface area contributed by atoms with E-state index in [-0.39, 0.29) is 28.5 Å². The second kappa shape index (κ2) is 5.97. The predicted molar refractivity (Wildman–Crippen MR) is 94.4 cm³/mol. The van der Waals surface area contributed by atoms with E-state index in [1.54, 1.807) is 31.2 Å². The van der Waals surface area contributed by atoms with E-state index < -0.39 is 11.4 Å². The molecule has 0 N–H and O–H groups in total. The highest BCUT2D eigenvalue weighted by Crippen LogP contribution is 2.29. The minimum Gasteiger partial charge on any atom is -0.618 e. The van der Waals surface area contributed by atoms with Crippen LogP contribution >= 0.6 is 0 Å². The summed E-state index contributed by atoms with van der Waals surface area (Å²) in [5.74, 6) is -0.315. The number of aryl methyl sites for hydroxylation is 1. The molecule has 4 aromatic rings. The van der Waals surface area contributed by atoms with Gasteiger partial charge in [0.15, 0.2) is 5.56 Å². The highest BCUT2D eigenvalue weighted by molar-refractivity contribution is 5.85. The molecule has 0 bridgehead atoms. The van der Waals surface area contributed by atoms with Crippen LogP contribution in [0.15, 0.2) is 23.0 Å². The summed E-state index contributed by atoms with van der Waals surface area (Å²) >= 11 is 0. The van der Waals surface area contributed by atoms with Crippen molar-refractivity contribution in [3.8, 4) is 17.6 Å². The maximum Gasteiger partial charge on any atom is 0.262 e. The van der Waals surface area contributed by atoms with Crippen molar-refractivity contribution < 1.29 is 18.4 Å². The molecule has 0 aliphatic heterocycles. The Morgan fingerprint density at radius 2 is 2.14 bits per heavy atom. The molecule has 0 aliphatic rings. The summed E-state index contributed by atoms with van der Waals surface area (Å²) in [6.45, 7) is 5.11. The highest BCUT2D eigenvalue weighted by atomic mass is 19.1. The van der Waals surface area contributed by atoms with Crippen LogP contribution in [0.1, 0.15) is 31.0 Å². The summed E-state index contributed by atoms with van der Waals surface area (Å²) in [6.07, 6.45) is 1.47. The number of hydrogen-bond acceptors (Lipinski definition) is 7. The third kappa shape index (κ3) is 2.33. The van der Waals surface area contributed by atoms with Crippen LogP contribution in [0.3, 0.4) is 0 Å². The van der Waals surface area contributed by atoms with Crippen LogP contribution in [-0.4, -0.2) is 26.6 Å². The van der Waals surface area contributed by atoms with Crippen molar-refractivity contribution in [3.05, 3.63) is 46.6 Å². The molecule has 0 radical (unpaired) electrons. The van der Waals surface area contributed by atoms with Gasteiger partial charge in [-0.05, 0) is 26.0 Å². The molecule has 0 saturated carbocycles. The zero-order chi connectivity index (χ0) is 20.2. The number of hydrogen-bond donors (Lipinski definition) is 0. The van der Waals surface area contributed by atoms with E-state index in [0.29, 0.717) is 21.5 Å². The standard InChI is InChI=1S/C18H15FN6O3/c1-9-14-13(16-22-17(28-23-16)18(2,3)27-4)21-8-24(14)12-6-5-11(19)10(7-20)15(12)25(9)26/h5-6,8H,1-4H3. The van der Waals surface area contributed by atoms with Gasteiger partial charge >= 0.3 is 0 Å². The minimum absolute atomic E-state index is 0.0641. The largest absolute Gasteiger partial charge is 0.618 e. The van der Waals surface area contributed by atoms with Crippen LogP contribution in [-0.2, 0) is 10.3 Å². The average Bonchev–Trinajstić information content (AvgIpc) is 3.33. The van der Waals surface area contributed by atoms with Crippen molar-refractivity contribution in [1.29, 1.82) is 5.26 Å². The van der Waals surface area contributed by atoms with Crippen LogP contribution in [0.4, 0.5) is 4.39 Å². The van der Waals surface area contributed by atoms with Gasteiger partial charge in [0.2, 0.25) is 11.5 Å². The van der Waals surface area contributed by atoms with Gasteiger partial charge in [-0.3, -0.25) is 4.40 Å². The molecule has 3 aromatic heterocycles. The van der Waals surface area contributed by atoms with Gasteiger partial charge < -0.3 is 14.5 Å². The van der Waals surface area contributed by atoms with Gasteiger partial charge in [0.25, 0.3) is 11.4 Å². The molecule has 4 rings (SSSR count). The van der Waals surface area contributed by atoms with E-state index in [4.69, 9.17) is 9.26 Å². The summed E-state index contributed by atoms with van der Waals surface area (Å²) in [5, 5.41) is 26.1. The fourth-order valence-electron chi connectivity index (χ4n) is 3.02. The molecule has 0 unspecified atom stereocenters. The normalized spacial score (nSPS) is 12.0. The van der Waals surface area contributed by atoms with Crippen LogP contribution in [0.25, 0.3) is 28.1 Å². The van der Waals surface area contributed by atoms with Crippen molar-refractivity contribution in [1.82, 2.24) is 19.5 Å². The van der Waals surface area contributed by atoms with E-state index in [0.717, 1.165) is 6.07 Å². The van der Waals surface area contributed by atoms with E-state index in [1.165, 1.54) is 19.5 Å². The third-order valence-electron chi connectivity index (χ3n) is 4.76. The van der Waals surface area contributed by atoms with Gasteiger partial charge in [-0.25, -0.2) is 9.37 Å². The van der Waals surface area contributed by atoms with Gasteiger partial charge in [-0.2, -0.15) is 15.0 Å². The molecular weight excluding hydrogens is 367 g/mol. The molecular formula is C18H15FN6O3. The topological polar surface area (TPSA) is 116 Å². The Balaban J connectivity index is 2.03. The van der Waals surface area contributed by atoms with Crippen molar-refractivity contribution in [2.24, 2.45) is 0 Å². The van der Waals surface area contributed by atoms with Crippen molar-refractivity contribution in [2.45, 2.75) is 26.4 Å². The number of ether oxygens (including phenoxy) is 1. The molecule has 0 amide bonds. The molecule has 0 spiro atoms. The molecule has 3 heterocycles. The molecule has 142 valence electrons. The summed E-state index contributed by atoms with van der Waals surface area (Å²) < 4.78 is 26.8. The monoisotopic (exact) mass is 382 g/mol. The van der Waals surface area contributed by atoms with Gasteiger partial charge in [0.05, 0.1) is 0 Å². The summed E-state index contributed by atoms with van der Waals surface area (Å²) in [6, 6.07) is 4.32. The first-order valence-corrected chi connectivity index (χ1v) is 8.31. The second-order valence-electron chi connectivity index (χ2n) is 6.73. The van der Waals surface area contributed by atoms with Crippen molar-refractivity contribution >= 4 is 16.6 Å². The SMILES string of the molecule is COC(C)(C)c1nc(-c2ncn3c2c(C)[n+]([O-])c2c(C#N)c(F)ccc23)no1. The molecule has 1 aromatic carbocycles. The third-order valence-corrected chi connectivity index (χ3v) is 4.76. The smallest absolute Gasteiger partial charge is 0.262 e. The van der Waals surface area contributed by atoms with Crippen molar-refractivity contribution in [2.75, 3.05) is 7.11 Å².